The number of esters is 1. The molecule has 0 saturated heterocycles. The number of carbonyl (C=O) groups is 1. The van der Waals surface area contributed by atoms with Crippen molar-refractivity contribution in [2.45, 2.75) is 19.8 Å². The van der Waals surface area contributed by atoms with E-state index in [0.717, 1.165) is 11.3 Å². The Bertz CT molecular complexity index is 506. The Balaban J connectivity index is 2.11. The van der Waals surface area contributed by atoms with Gasteiger partial charge in [-0.1, -0.05) is 18.2 Å². The summed E-state index contributed by atoms with van der Waals surface area (Å²) in [6, 6.07) is 7.99. The average Bonchev–Trinajstić information content (AvgIpc) is 2.91. The van der Waals surface area contributed by atoms with Crippen molar-refractivity contribution < 1.29 is 9.53 Å². The monoisotopic (exact) mass is 244 g/mol. The topological polar surface area (TPSA) is 44.1 Å². The number of imidazole rings is 1. The van der Waals surface area contributed by atoms with Crippen molar-refractivity contribution >= 4 is 5.97 Å². The zero-order valence-electron chi connectivity index (χ0n) is 10.4. The van der Waals surface area contributed by atoms with Crippen LogP contribution in [-0.4, -0.2) is 22.1 Å². The molecule has 0 fully saturated rings. The van der Waals surface area contributed by atoms with Gasteiger partial charge in [0, 0.05) is 24.5 Å². The second kappa shape index (κ2) is 6.00. The summed E-state index contributed by atoms with van der Waals surface area (Å²) in [6.07, 6.45) is 6.46. The summed E-state index contributed by atoms with van der Waals surface area (Å²) in [4.78, 5) is 15.4. The molecule has 94 valence electrons. The molecule has 4 nitrogen and oxygen atoms in total. The van der Waals surface area contributed by atoms with Gasteiger partial charge in [-0.05, 0) is 25.0 Å². The van der Waals surface area contributed by atoms with Crippen LogP contribution in [0.2, 0.25) is 0 Å². The highest BCUT2D eigenvalue weighted by Gasteiger charge is 2.07. The van der Waals surface area contributed by atoms with Crippen molar-refractivity contribution in [3.05, 3.63) is 48.5 Å². The molecule has 0 N–H and O–H groups in total. The molecule has 0 aliphatic rings. The molecule has 0 unspecified atom stereocenters. The number of aromatic nitrogens is 2. The van der Waals surface area contributed by atoms with Crippen molar-refractivity contribution in [2.24, 2.45) is 0 Å². The molecule has 0 bridgehead atoms. The van der Waals surface area contributed by atoms with Crippen LogP contribution in [0, 0.1) is 0 Å². The molecule has 0 amide bonds. The van der Waals surface area contributed by atoms with Crippen LogP contribution in [0.1, 0.15) is 18.9 Å². The third kappa shape index (κ3) is 2.97. The Hall–Kier alpha value is -2.10. The molecule has 0 aliphatic carbocycles. The molecule has 1 aromatic heterocycles. The fraction of sp³-hybridized carbons (Fsp3) is 0.286. The van der Waals surface area contributed by atoms with Crippen LogP contribution in [0.15, 0.2) is 43.0 Å². The Morgan fingerprint density at radius 2 is 2.22 bits per heavy atom. The number of rotatable bonds is 5. The van der Waals surface area contributed by atoms with E-state index in [1.807, 2.05) is 42.0 Å². The minimum atomic E-state index is -0.155. The molecule has 1 heterocycles. The van der Waals surface area contributed by atoms with E-state index in [4.69, 9.17) is 4.74 Å². The van der Waals surface area contributed by atoms with Crippen LogP contribution >= 0.6 is 0 Å². The van der Waals surface area contributed by atoms with Crippen LogP contribution in [0.3, 0.4) is 0 Å². The molecule has 18 heavy (non-hydrogen) atoms. The van der Waals surface area contributed by atoms with E-state index in [-0.39, 0.29) is 5.97 Å². The van der Waals surface area contributed by atoms with Gasteiger partial charge in [0.05, 0.1) is 12.9 Å². The molecular formula is C14H16N2O2. The molecular weight excluding hydrogens is 228 g/mol. The standard InChI is InChI=1S/C14H16N2O2/c1-2-18-14(17)8-7-12-5-3-4-6-13(12)16-10-9-15-11-16/h3-6,9-11H,2,7-8H2,1H3. The molecule has 2 aromatic rings. The predicted molar refractivity (Wildman–Crippen MR) is 68.5 cm³/mol. The first-order valence-electron chi connectivity index (χ1n) is 6.03. The maximum atomic E-state index is 11.4. The van der Waals surface area contributed by atoms with Gasteiger partial charge < -0.3 is 9.30 Å². The van der Waals surface area contributed by atoms with Gasteiger partial charge in [0.1, 0.15) is 0 Å². The summed E-state index contributed by atoms with van der Waals surface area (Å²) < 4.78 is 6.88. The predicted octanol–water partition coefficient (Wildman–Crippen LogP) is 2.37. The van der Waals surface area contributed by atoms with Crippen LogP contribution in [0.4, 0.5) is 0 Å². The lowest BCUT2D eigenvalue weighted by atomic mass is 10.1. The van der Waals surface area contributed by atoms with Gasteiger partial charge in [-0.15, -0.1) is 0 Å². The van der Waals surface area contributed by atoms with E-state index in [0.29, 0.717) is 19.4 Å². The maximum Gasteiger partial charge on any atom is 0.306 e. The van der Waals surface area contributed by atoms with Crippen molar-refractivity contribution in [3.63, 3.8) is 0 Å². The Morgan fingerprint density at radius 1 is 1.39 bits per heavy atom. The molecule has 1 aromatic carbocycles. The molecule has 0 atom stereocenters. The zero-order valence-corrected chi connectivity index (χ0v) is 10.4. The van der Waals surface area contributed by atoms with Gasteiger partial charge >= 0.3 is 5.97 Å². The SMILES string of the molecule is CCOC(=O)CCc1ccccc1-n1ccnc1. The van der Waals surface area contributed by atoms with Gasteiger partial charge in [-0.2, -0.15) is 0 Å². The van der Waals surface area contributed by atoms with Crippen molar-refractivity contribution in [3.8, 4) is 5.69 Å². The summed E-state index contributed by atoms with van der Waals surface area (Å²) in [5.74, 6) is -0.155. The minimum Gasteiger partial charge on any atom is -0.466 e. The van der Waals surface area contributed by atoms with E-state index < -0.39 is 0 Å². The Labute approximate surface area is 106 Å². The average molecular weight is 244 g/mol. The largest absolute Gasteiger partial charge is 0.466 e. The Morgan fingerprint density at radius 3 is 2.94 bits per heavy atom. The number of carbonyl (C=O) groups excluding carboxylic acids is 1. The van der Waals surface area contributed by atoms with E-state index in [2.05, 4.69) is 4.98 Å². The Kier molecular flexibility index (Phi) is 4.12. The van der Waals surface area contributed by atoms with Crippen LogP contribution in [-0.2, 0) is 16.0 Å². The summed E-state index contributed by atoms with van der Waals surface area (Å²) in [6.45, 7) is 2.25. The van der Waals surface area contributed by atoms with E-state index >= 15 is 0 Å². The number of hydrogen-bond donors (Lipinski definition) is 0. The smallest absolute Gasteiger partial charge is 0.306 e. The first kappa shape index (κ1) is 12.4. The minimum absolute atomic E-state index is 0.155. The molecule has 0 aliphatic heterocycles. The van der Waals surface area contributed by atoms with Crippen molar-refractivity contribution in [1.82, 2.24) is 9.55 Å². The number of ether oxygens (including phenoxy) is 1. The van der Waals surface area contributed by atoms with E-state index in [1.165, 1.54) is 0 Å². The second-order valence-electron chi connectivity index (χ2n) is 3.90. The fourth-order valence-corrected chi connectivity index (χ4v) is 1.85. The summed E-state index contributed by atoms with van der Waals surface area (Å²) in [5, 5.41) is 0. The number of hydrogen-bond acceptors (Lipinski definition) is 3. The summed E-state index contributed by atoms with van der Waals surface area (Å²) >= 11 is 0. The number of nitrogens with zero attached hydrogens (tertiary/aromatic N) is 2. The quantitative estimate of drug-likeness (QED) is 0.758. The zero-order chi connectivity index (χ0) is 12.8. The maximum absolute atomic E-state index is 11.4. The highest BCUT2D eigenvalue weighted by Crippen LogP contribution is 2.16. The lowest BCUT2D eigenvalue weighted by molar-refractivity contribution is -0.143. The van der Waals surface area contributed by atoms with Gasteiger partial charge in [-0.3, -0.25) is 4.79 Å². The van der Waals surface area contributed by atoms with Gasteiger partial charge in [0.15, 0.2) is 0 Å². The number of para-hydroxylation sites is 1. The first-order chi connectivity index (χ1) is 8.81. The highest BCUT2D eigenvalue weighted by molar-refractivity contribution is 5.69. The molecule has 0 radical (unpaired) electrons. The third-order valence-electron chi connectivity index (χ3n) is 2.68. The van der Waals surface area contributed by atoms with Crippen molar-refractivity contribution in [2.75, 3.05) is 6.61 Å². The van der Waals surface area contributed by atoms with Crippen LogP contribution in [0.5, 0.6) is 0 Å². The van der Waals surface area contributed by atoms with E-state index in [9.17, 15) is 4.79 Å². The number of benzene rings is 1. The summed E-state index contributed by atoms with van der Waals surface area (Å²) in [5.41, 5.74) is 2.17. The van der Waals surface area contributed by atoms with Gasteiger partial charge in [-0.25, -0.2) is 4.98 Å². The first-order valence-corrected chi connectivity index (χ1v) is 6.03. The van der Waals surface area contributed by atoms with E-state index in [1.54, 1.807) is 12.5 Å². The highest BCUT2D eigenvalue weighted by atomic mass is 16.5. The number of aryl methyl sites for hydroxylation is 1. The normalized spacial score (nSPS) is 10.3. The van der Waals surface area contributed by atoms with Crippen LogP contribution in [0.25, 0.3) is 5.69 Å². The fourth-order valence-electron chi connectivity index (χ4n) is 1.85. The second-order valence-corrected chi connectivity index (χ2v) is 3.90. The lowest BCUT2D eigenvalue weighted by Crippen LogP contribution is -2.06. The molecule has 0 saturated carbocycles. The summed E-state index contributed by atoms with van der Waals surface area (Å²) in [7, 11) is 0. The molecule has 0 spiro atoms. The lowest BCUT2D eigenvalue weighted by Gasteiger charge is -2.09. The molecule has 2 rings (SSSR count). The van der Waals surface area contributed by atoms with Crippen molar-refractivity contribution in [1.29, 1.82) is 0 Å². The molecule has 4 heteroatoms. The third-order valence-corrected chi connectivity index (χ3v) is 2.68. The van der Waals surface area contributed by atoms with Gasteiger partial charge in [0.2, 0.25) is 0 Å². The van der Waals surface area contributed by atoms with Gasteiger partial charge in [0.25, 0.3) is 0 Å². The van der Waals surface area contributed by atoms with Crippen LogP contribution < -0.4 is 0 Å².